The molecule has 3 atom stereocenters. The molecule has 3 nitrogen and oxygen atoms in total. The third-order valence-electron chi connectivity index (χ3n) is 4.17. The fraction of sp³-hybridized carbons (Fsp3) is 0.923. The molecule has 1 N–H and O–H groups in total. The Hall–Kier alpha value is -0.570. The summed E-state index contributed by atoms with van der Waals surface area (Å²) in [6, 6.07) is 0. The fourth-order valence-corrected chi connectivity index (χ4v) is 2.57. The molecule has 2 aliphatic rings. The second-order valence-corrected chi connectivity index (χ2v) is 5.61. The summed E-state index contributed by atoms with van der Waals surface area (Å²) in [7, 11) is 0. The fourth-order valence-electron chi connectivity index (χ4n) is 2.57. The van der Waals surface area contributed by atoms with Crippen molar-refractivity contribution in [2.45, 2.75) is 45.6 Å². The van der Waals surface area contributed by atoms with Crippen molar-refractivity contribution in [2.75, 3.05) is 13.1 Å². The zero-order chi connectivity index (χ0) is 11.5. The highest BCUT2D eigenvalue weighted by Crippen LogP contribution is 2.31. The van der Waals surface area contributed by atoms with Crippen molar-refractivity contribution in [3.05, 3.63) is 0 Å². The van der Waals surface area contributed by atoms with E-state index in [4.69, 9.17) is 4.74 Å². The van der Waals surface area contributed by atoms with Gasteiger partial charge in [-0.05, 0) is 50.1 Å². The molecule has 1 saturated carbocycles. The van der Waals surface area contributed by atoms with Crippen molar-refractivity contribution >= 4 is 5.97 Å². The molecule has 92 valence electrons. The second-order valence-electron chi connectivity index (χ2n) is 5.61. The van der Waals surface area contributed by atoms with Crippen LogP contribution in [0.5, 0.6) is 0 Å². The average molecular weight is 225 g/mol. The van der Waals surface area contributed by atoms with Gasteiger partial charge in [0.25, 0.3) is 0 Å². The quantitative estimate of drug-likeness (QED) is 0.746. The molecule has 1 aliphatic carbocycles. The molecule has 3 heteroatoms. The third-order valence-corrected chi connectivity index (χ3v) is 4.17. The van der Waals surface area contributed by atoms with Crippen LogP contribution in [0.4, 0.5) is 0 Å². The van der Waals surface area contributed by atoms with Gasteiger partial charge in [0.2, 0.25) is 0 Å². The van der Waals surface area contributed by atoms with Crippen LogP contribution in [0.1, 0.15) is 39.5 Å². The van der Waals surface area contributed by atoms with E-state index >= 15 is 0 Å². The lowest BCUT2D eigenvalue weighted by molar-refractivity contribution is -0.153. The summed E-state index contributed by atoms with van der Waals surface area (Å²) >= 11 is 0. The molecule has 0 spiro atoms. The van der Waals surface area contributed by atoms with Crippen LogP contribution in [-0.2, 0) is 9.53 Å². The molecule has 2 fully saturated rings. The van der Waals surface area contributed by atoms with E-state index in [1.165, 1.54) is 6.42 Å². The molecule has 0 aromatic carbocycles. The predicted octanol–water partition coefficient (Wildman–Crippen LogP) is 1.96. The van der Waals surface area contributed by atoms with Crippen LogP contribution in [0.2, 0.25) is 0 Å². The molecule has 0 amide bonds. The highest BCUT2D eigenvalue weighted by Gasteiger charge is 2.28. The summed E-state index contributed by atoms with van der Waals surface area (Å²) in [5.41, 5.74) is 0. The summed E-state index contributed by atoms with van der Waals surface area (Å²) in [5.74, 6) is 2.01. The summed E-state index contributed by atoms with van der Waals surface area (Å²) in [6.45, 7) is 6.52. The summed E-state index contributed by atoms with van der Waals surface area (Å²) < 4.78 is 5.55. The van der Waals surface area contributed by atoms with Crippen molar-refractivity contribution in [3.63, 3.8) is 0 Å². The SMILES string of the molecule is CC1CCC(OC(=O)CC2CNC2)CC1C. The van der Waals surface area contributed by atoms with Crippen molar-refractivity contribution in [1.29, 1.82) is 0 Å². The first-order valence-corrected chi connectivity index (χ1v) is 6.55. The smallest absolute Gasteiger partial charge is 0.306 e. The first kappa shape index (κ1) is 11.9. The Morgan fingerprint density at radius 3 is 2.56 bits per heavy atom. The number of ether oxygens (including phenoxy) is 1. The minimum atomic E-state index is 0.0123. The van der Waals surface area contributed by atoms with Crippen molar-refractivity contribution in [2.24, 2.45) is 17.8 Å². The molecule has 0 bridgehead atoms. The lowest BCUT2D eigenvalue weighted by Gasteiger charge is -2.32. The molecule has 0 aromatic heterocycles. The normalized spacial score (nSPS) is 35.5. The third kappa shape index (κ3) is 2.97. The van der Waals surface area contributed by atoms with Crippen molar-refractivity contribution in [3.8, 4) is 0 Å². The van der Waals surface area contributed by atoms with Gasteiger partial charge in [0.05, 0.1) is 6.42 Å². The van der Waals surface area contributed by atoms with E-state index in [1.54, 1.807) is 0 Å². The van der Waals surface area contributed by atoms with Crippen molar-refractivity contribution in [1.82, 2.24) is 5.32 Å². The van der Waals surface area contributed by atoms with E-state index in [0.29, 0.717) is 18.3 Å². The maximum Gasteiger partial charge on any atom is 0.306 e. The lowest BCUT2D eigenvalue weighted by atomic mass is 9.80. The molecule has 1 aliphatic heterocycles. The Bertz CT molecular complexity index is 250. The molecular weight excluding hydrogens is 202 g/mol. The van der Waals surface area contributed by atoms with Gasteiger partial charge < -0.3 is 10.1 Å². The molecule has 16 heavy (non-hydrogen) atoms. The zero-order valence-corrected chi connectivity index (χ0v) is 10.4. The van der Waals surface area contributed by atoms with Gasteiger partial charge in [-0.2, -0.15) is 0 Å². The van der Waals surface area contributed by atoms with Gasteiger partial charge in [0.1, 0.15) is 6.10 Å². The van der Waals surface area contributed by atoms with Crippen LogP contribution in [0, 0.1) is 17.8 Å². The molecule has 0 aromatic rings. The molecule has 1 heterocycles. The van der Waals surface area contributed by atoms with Crippen molar-refractivity contribution < 1.29 is 9.53 Å². The summed E-state index contributed by atoms with van der Waals surface area (Å²) in [4.78, 5) is 11.7. The highest BCUT2D eigenvalue weighted by atomic mass is 16.5. The molecule has 0 radical (unpaired) electrons. The maximum atomic E-state index is 11.7. The topological polar surface area (TPSA) is 38.3 Å². The Kier molecular flexibility index (Phi) is 3.85. The van der Waals surface area contributed by atoms with Gasteiger partial charge >= 0.3 is 5.97 Å². The number of rotatable bonds is 3. The van der Waals surface area contributed by atoms with Crippen LogP contribution in [-0.4, -0.2) is 25.2 Å². The Labute approximate surface area is 97.9 Å². The van der Waals surface area contributed by atoms with E-state index in [1.807, 2.05) is 0 Å². The molecule has 2 rings (SSSR count). The second kappa shape index (κ2) is 5.17. The average Bonchev–Trinajstić information content (AvgIpc) is 2.18. The number of esters is 1. The predicted molar refractivity (Wildman–Crippen MR) is 63.0 cm³/mol. The van der Waals surface area contributed by atoms with Crippen LogP contribution in [0.15, 0.2) is 0 Å². The number of hydrogen-bond donors (Lipinski definition) is 1. The monoisotopic (exact) mass is 225 g/mol. The molecule has 1 saturated heterocycles. The Morgan fingerprint density at radius 1 is 1.25 bits per heavy atom. The largest absolute Gasteiger partial charge is 0.462 e. The van der Waals surface area contributed by atoms with E-state index in [9.17, 15) is 4.79 Å². The molecular formula is C13H23NO2. The van der Waals surface area contributed by atoms with E-state index in [0.717, 1.165) is 31.8 Å². The first-order chi connectivity index (χ1) is 7.65. The minimum Gasteiger partial charge on any atom is -0.462 e. The molecule has 3 unspecified atom stereocenters. The first-order valence-electron chi connectivity index (χ1n) is 6.55. The summed E-state index contributed by atoms with van der Waals surface area (Å²) in [6.07, 6.45) is 4.10. The summed E-state index contributed by atoms with van der Waals surface area (Å²) in [5, 5.41) is 3.18. The Morgan fingerprint density at radius 2 is 2.00 bits per heavy atom. The number of nitrogens with one attached hydrogen (secondary N) is 1. The number of carbonyl (C=O) groups excluding carboxylic acids is 1. The van der Waals surface area contributed by atoms with Gasteiger partial charge in [0, 0.05) is 0 Å². The van der Waals surface area contributed by atoms with E-state index in [-0.39, 0.29) is 12.1 Å². The zero-order valence-electron chi connectivity index (χ0n) is 10.4. The van der Waals surface area contributed by atoms with E-state index < -0.39 is 0 Å². The standard InChI is InChI=1S/C13H23NO2/c1-9-3-4-12(5-10(9)2)16-13(15)6-11-7-14-8-11/h9-12,14H,3-8H2,1-2H3. The number of hydrogen-bond acceptors (Lipinski definition) is 3. The van der Waals surface area contributed by atoms with Crippen LogP contribution < -0.4 is 5.32 Å². The Balaban J connectivity index is 1.70. The van der Waals surface area contributed by atoms with Gasteiger partial charge in [-0.3, -0.25) is 4.79 Å². The van der Waals surface area contributed by atoms with E-state index in [2.05, 4.69) is 19.2 Å². The van der Waals surface area contributed by atoms with Crippen LogP contribution in [0.3, 0.4) is 0 Å². The van der Waals surface area contributed by atoms with Crippen LogP contribution in [0.25, 0.3) is 0 Å². The highest BCUT2D eigenvalue weighted by molar-refractivity contribution is 5.70. The minimum absolute atomic E-state index is 0.0123. The maximum absolute atomic E-state index is 11.7. The lowest BCUT2D eigenvalue weighted by Crippen LogP contribution is -2.43. The van der Waals surface area contributed by atoms with Crippen LogP contribution >= 0.6 is 0 Å². The number of carbonyl (C=O) groups is 1. The van der Waals surface area contributed by atoms with Gasteiger partial charge in [-0.15, -0.1) is 0 Å². The van der Waals surface area contributed by atoms with Gasteiger partial charge in [-0.25, -0.2) is 0 Å². The van der Waals surface area contributed by atoms with Gasteiger partial charge in [-0.1, -0.05) is 13.8 Å². The van der Waals surface area contributed by atoms with Gasteiger partial charge in [0.15, 0.2) is 0 Å².